The highest BCUT2D eigenvalue weighted by Gasteiger charge is 2.40. The molecule has 2 N–H and O–H groups in total. The molecule has 0 spiro atoms. The Balaban J connectivity index is 1.83. The number of ketones is 1. The molecule has 0 bridgehead atoms. The molecule has 1 fully saturated rings. The van der Waals surface area contributed by atoms with E-state index in [0.717, 1.165) is 31.9 Å². The monoisotopic (exact) mass is 373 g/mol. The van der Waals surface area contributed by atoms with E-state index < -0.39 is 5.97 Å². The van der Waals surface area contributed by atoms with Gasteiger partial charge in [0.05, 0.1) is 6.10 Å². The predicted molar refractivity (Wildman–Crippen MR) is 106 cm³/mol. The molecular weight excluding hydrogens is 342 g/mol. The molecule has 1 aromatic rings. The SMILES string of the molecule is C=CC(=O)Oc1cccc(C(=O)CCNCC2(C)CC(O)CC(C)(C)C2)c1. The van der Waals surface area contributed by atoms with Crippen molar-refractivity contribution < 1.29 is 19.4 Å². The lowest BCUT2D eigenvalue weighted by Crippen LogP contribution is -2.44. The van der Waals surface area contributed by atoms with Gasteiger partial charge in [0.2, 0.25) is 0 Å². The van der Waals surface area contributed by atoms with Gasteiger partial charge in [-0.3, -0.25) is 4.79 Å². The fourth-order valence-electron chi connectivity index (χ4n) is 4.34. The molecule has 5 nitrogen and oxygen atoms in total. The Morgan fingerprint density at radius 1 is 1.33 bits per heavy atom. The van der Waals surface area contributed by atoms with E-state index in [1.807, 2.05) is 0 Å². The minimum atomic E-state index is -0.549. The average molecular weight is 373 g/mol. The highest BCUT2D eigenvalue weighted by Crippen LogP contribution is 2.45. The Morgan fingerprint density at radius 3 is 2.74 bits per heavy atom. The number of benzene rings is 1. The lowest BCUT2D eigenvalue weighted by Gasteiger charge is -2.45. The quantitative estimate of drug-likeness (QED) is 0.240. The molecule has 0 aromatic heterocycles. The minimum Gasteiger partial charge on any atom is -0.423 e. The van der Waals surface area contributed by atoms with Gasteiger partial charge in [0.25, 0.3) is 0 Å². The molecule has 27 heavy (non-hydrogen) atoms. The first-order valence-electron chi connectivity index (χ1n) is 9.49. The van der Waals surface area contributed by atoms with E-state index in [2.05, 4.69) is 32.7 Å². The Bertz CT molecular complexity index is 697. The zero-order valence-electron chi connectivity index (χ0n) is 16.6. The number of aliphatic hydroxyl groups is 1. The fourth-order valence-corrected chi connectivity index (χ4v) is 4.34. The van der Waals surface area contributed by atoms with Crippen molar-refractivity contribution in [2.45, 2.75) is 52.6 Å². The smallest absolute Gasteiger partial charge is 0.335 e. The third-order valence-electron chi connectivity index (χ3n) is 5.04. The van der Waals surface area contributed by atoms with Crippen molar-refractivity contribution in [2.24, 2.45) is 10.8 Å². The zero-order valence-corrected chi connectivity index (χ0v) is 16.6. The van der Waals surface area contributed by atoms with Crippen molar-refractivity contribution in [3.63, 3.8) is 0 Å². The Hall–Kier alpha value is -1.98. The van der Waals surface area contributed by atoms with Crippen LogP contribution in [0.1, 0.15) is 56.8 Å². The number of carbonyl (C=O) groups excluding carboxylic acids is 2. The summed E-state index contributed by atoms with van der Waals surface area (Å²) in [6.45, 7) is 11.3. The van der Waals surface area contributed by atoms with Crippen LogP contribution in [0, 0.1) is 10.8 Å². The summed E-state index contributed by atoms with van der Waals surface area (Å²) in [7, 11) is 0. The van der Waals surface area contributed by atoms with Crippen molar-refractivity contribution in [1.82, 2.24) is 5.32 Å². The maximum absolute atomic E-state index is 12.4. The lowest BCUT2D eigenvalue weighted by atomic mass is 9.63. The van der Waals surface area contributed by atoms with Gasteiger partial charge in [-0.05, 0) is 42.2 Å². The van der Waals surface area contributed by atoms with E-state index in [-0.39, 0.29) is 22.7 Å². The largest absolute Gasteiger partial charge is 0.423 e. The summed E-state index contributed by atoms with van der Waals surface area (Å²) in [4.78, 5) is 23.7. The van der Waals surface area contributed by atoms with Gasteiger partial charge in [0, 0.05) is 31.1 Å². The summed E-state index contributed by atoms with van der Waals surface area (Å²) in [5.74, 6) is -0.218. The Kier molecular flexibility index (Phi) is 6.95. The fraction of sp³-hybridized carbons (Fsp3) is 0.545. The molecule has 1 aromatic carbocycles. The van der Waals surface area contributed by atoms with Crippen LogP contribution >= 0.6 is 0 Å². The van der Waals surface area contributed by atoms with Crippen molar-refractivity contribution in [3.05, 3.63) is 42.5 Å². The molecule has 2 rings (SSSR count). The maximum Gasteiger partial charge on any atom is 0.335 e. The number of hydrogen-bond donors (Lipinski definition) is 2. The second kappa shape index (κ2) is 8.81. The van der Waals surface area contributed by atoms with Gasteiger partial charge in [0.15, 0.2) is 5.78 Å². The van der Waals surface area contributed by atoms with Gasteiger partial charge < -0.3 is 15.2 Å². The van der Waals surface area contributed by atoms with Crippen LogP contribution in [0.25, 0.3) is 0 Å². The second-order valence-electron chi connectivity index (χ2n) is 8.72. The molecule has 0 amide bonds. The minimum absolute atomic E-state index is 0.00633. The van der Waals surface area contributed by atoms with Gasteiger partial charge >= 0.3 is 5.97 Å². The van der Waals surface area contributed by atoms with Crippen molar-refractivity contribution in [3.8, 4) is 5.75 Å². The van der Waals surface area contributed by atoms with Crippen LogP contribution in [0.15, 0.2) is 36.9 Å². The molecule has 1 aliphatic rings. The van der Waals surface area contributed by atoms with Crippen LogP contribution in [0.3, 0.4) is 0 Å². The number of esters is 1. The number of carbonyl (C=O) groups is 2. The standard InChI is InChI=1S/C22H31NO4/c1-5-20(26)27-18-8-6-7-16(11-18)19(25)9-10-23-15-22(4)13-17(24)12-21(2,3)14-22/h5-8,11,17,23-24H,1,9-10,12-15H2,2-4H3. The molecule has 2 atom stereocenters. The average Bonchev–Trinajstić information content (AvgIpc) is 2.56. The van der Waals surface area contributed by atoms with Gasteiger partial charge in [-0.25, -0.2) is 4.79 Å². The molecule has 2 unspecified atom stereocenters. The molecular formula is C22H31NO4. The number of nitrogens with one attached hydrogen (secondary N) is 1. The topological polar surface area (TPSA) is 75.6 Å². The molecule has 1 aliphatic carbocycles. The molecule has 0 radical (unpaired) electrons. The summed E-state index contributed by atoms with van der Waals surface area (Å²) < 4.78 is 5.05. The number of ether oxygens (including phenoxy) is 1. The highest BCUT2D eigenvalue weighted by atomic mass is 16.5. The van der Waals surface area contributed by atoms with Gasteiger partial charge in [-0.15, -0.1) is 0 Å². The Morgan fingerprint density at radius 2 is 2.07 bits per heavy atom. The van der Waals surface area contributed by atoms with E-state index >= 15 is 0 Å². The summed E-state index contributed by atoms with van der Waals surface area (Å²) in [6, 6.07) is 6.62. The second-order valence-corrected chi connectivity index (χ2v) is 8.72. The van der Waals surface area contributed by atoms with E-state index in [0.29, 0.717) is 24.3 Å². The summed E-state index contributed by atoms with van der Waals surface area (Å²) in [6.07, 6.45) is 3.86. The van der Waals surface area contributed by atoms with Crippen LogP contribution in [0.5, 0.6) is 5.75 Å². The third kappa shape index (κ3) is 6.60. The number of hydrogen-bond acceptors (Lipinski definition) is 5. The molecule has 0 heterocycles. The van der Waals surface area contributed by atoms with E-state index in [1.165, 1.54) is 0 Å². The molecule has 0 saturated heterocycles. The molecule has 1 saturated carbocycles. The van der Waals surface area contributed by atoms with Crippen LogP contribution < -0.4 is 10.1 Å². The van der Waals surface area contributed by atoms with Crippen LogP contribution in [-0.4, -0.2) is 36.1 Å². The van der Waals surface area contributed by atoms with Crippen LogP contribution in [0.4, 0.5) is 0 Å². The first kappa shape index (κ1) is 21.3. The lowest BCUT2D eigenvalue weighted by molar-refractivity contribution is -0.128. The summed E-state index contributed by atoms with van der Waals surface area (Å²) >= 11 is 0. The Labute approximate surface area is 161 Å². The van der Waals surface area contributed by atoms with Crippen molar-refractivity contribution in [1.29, 1.82) is 0 Å². The van der Waals surface area contributed by atoms with Crippen molar-refractivity contribution >= 4 is 11.8 Å². The molecule has 5 heteroatoms. The summed E-state index contributed by atoms with van der Waals surface area (Å²) in [5, 5.41) is 13.5. The van der Waals surface area contributed by atoms with E-state index in [1.54, 1.807) is 24.3 Å². The summed E-state index contributed by atoms with van der Waals surface area (Å²) in [5.41, 5.74) is 0.683. The highest BCUT2D eigenvalue weighted by molar-refractivity contribution is 5.96. The number of rotatable bonds is 8. The maximum atomic E-state index is 12.4. The first-order valence-corrected chi connectivity index (χ1v) is 9.49. The third-order valence-corrected chi connectivity index (χ3v) is 5.04. The van der Waals surface area contributed by atoms with E-state index in [9.17, 15) is 14.7 Å². The van der Waals surface area contributed by atoms with E-state index in [4.69, 9.17) is 4.74 Å². The number of Topliss-reactive ketones (excluding diaryl/α,β-unsaturated/α-hetero) is 1. The van der Waals surface area contributed by atoms with Gasteiger partial charge in [-0.2, -0.15) is 0 Å². The number of aliphatic hydroxyl groups excluding tert-OH is 1. The van der Waals surface area contributed by atoms with Crippen molar-refractivity contribution in [2.75, 3.05) is 13.1 Å². The molecule has 148 valence electrons. The van der Waals surface area contributed by atoms with Gasteiger partial charge in [-0.1, -0.05) is 39.5 Å². The predicted octanol–water partition coefficient (Wildman–Crippen LogP) is 3.52. The van der Waals surface area contributed by atoms with Crippen LogP contribution in [0.2, 0.25) is 0 Å². The van der Waals surface area contributed by atoms with Crippen LogP contribution in [-0.2, 0) is 4.79 Å². The van der Waals surface area contributed by atoms with Gasteiger partial charge in [0.1, 0.15) is 5.75 Å². The molecule has 0 aliphatic heterocycles. The normalized spacial score (nSPS) is 24.2. The zero-order chi connectivity index (χ0) is 20.1. The first-order chi connectivity index (χ1) is 12.6.